The van der Waals surface area contributed by atoms with Gasteiger partial charge in [-0.3, -0.25) is 4.98 Å². The van der Waals surface area contributed by atoms with Gasteiger partial charge in [-0.25, -0.2) is 0 Å². The van der Waals surface area contributed by atoms with E-state index in [0.717, 1.165) is 11.8 Å². The molecule has 1 aliphatic carbocycles. The summed E-state index contributed by atoms with van der Waals surface area (Å²) in [7, 11) is 0. The fourth-order valence-corrected chi connectivity index (χ4v) is 3.53. The van der Waals surface area contributed by atoms with Gasteiger partial charge in [-0.15, -0.1) is 11.8 Å². The molecule has 0 bridgehead atoms. The minimum Gasteiger partial charge on any atom is -0.313 e. The highest BCUT2D eigenvalue weighted by molar-refractivity contribution is 8.00. The third-order valence-electron chi connectivity index (χ3n) is 3.05. The Morgan fingerprint density at radius 1 is 1.38 bits per heavy atom. The number of hydrogen-bond donors (Lipinski definition) is 1. The molecule has 1 heterocycles. The molecule has 3 heteroatoms. The van der Waals surface area contributed by atoms with Crippen LogP contribution in [0.3, 0.4) is 0 Å². The van der Waals surface area contributed by atoms with Crippen LogP contribution in [0.25, 0.3) is 0 Å². The molecule has 1 saturated carbocycles. The highest BCUT2D eigenvalue weighted by Crippen LogP contribution is 2.34. The fraction of sp³-hybridized carbons (Fsp3) is 0.615. The predicted molar refractivity (Wildman–Crippen MR) is 69.8 cm³/mol. The smallest absolute Gasteiger partial charge is 0.0278 e. The first kappa shape index (κ1) is 11.9. The Labute approximate surface area is 102 Å². The molecule has 0 spiro atoms. The van der Waals surface area contributed by atoms with Gasteiger partial charge in [0.05, 0.1) is 0 Å². The van der Waals surface area contributed by atoms with Gasteiger partial charge >= 0.3 is 0 Å². The monoisotopic (exact) mass is 236 g/mol. The second-order valence-corrected chi connectivity index (χ2v) is 5.64. The van der Waals surface area contributed by atoms with Gasteiger partial charge in [0.1, 0.15) is 0 Å². The molecule has 1 fully saturated rings. The van der Waals surface area contributed by atoms with Crippen molar-refractivity contribution in [1.82, 2.24) is 10.3 Å². The number of aromatic nitrogens is 1. The average Bonchev–Trinajstić information content (AvgIpc) is 2.75. The zero-order chi connectivity index (χ0) is 11.2. The molecular weight excluding hydrogens is 216 g/mol. The number of pyridine rings is 1. The van der Waals surface area contributed by atoms with E-state index < -0.39 is 0 Å². The Kier molecular flexibility index (Phi) is 4.67. The number of thioether (sulfide) groups is 1. The van der Waals surface area contributed by atoms with Crippen LogP contribution in [-0.2, 0) is 0 Å². The molecule has 1 aromatic heterocycles. The van der Waals surface area contributed by atoms with Crippen LogP contribution in [0.4, 0.5) is 0 Å². The van der Waals surface area contributed by atoms with Crippen molar-refractivity contribution in [3.05, 3.63) is 24.5 Å². The van der Waals surface area contributed by atoms with Gasteiger partial charge in [0, 0.05) is 28.6 Å². The van der Waals surface area contributed by atoms with Crippen LogP contribution in [0.5, 0.6) is 0 Å². The Hall–Kier alpha value is -0.540. The van der Waals surface area contributed by atoms with E-state index in [1.807, 2.05) is 24.2 Å². The highest BCUT2D eigenvalue weighted by atomic mass is 32.2. The van der Waals surface area contributed by atoms with E-state index in [1.54, 1.807) is 0 Å². The molecule has 1 N–H and O–H groups in total. The molecule has 2 rings (SSSR count). The van der Waals surface area contributed by atoms with Crippen LogP contribution >= 0.6 is 11.8 Å². The lowest BCUT2D eigenvalue weighted by molar-refractivity contribution is 0.531. The number of hydrogen-bond acceptors (Lipinski definition) is 3. The number of rotatable bonds is 5. The van der Waals surface area contributed by atoms with Gasteiger partial charge in [-0.2, -0.15) is 0 Å². The molecular formula is C13H20N2S. The summed E-state index contributed by atoms with van der Waals surface area (Å²) in [4.78, 5) is 5.41. The minimum atomic E-state index is 0.707. The van der Waals surface area contributed by atoms with Crippen molar-refractivity contribution in [3.63, 3.8) is 0 Å². The largest absolute Gasteiger partial charge is 0.313 e. The predicted octanol–water partition coefficient (Wildman–Crippen LogP) is 3.09. The van der Waals surface area contributed by atoms with Crippen molar-refractivity contribution in [2.24, 2.45) is 0 Å². The van der Waals surface area contributed by atoms with Crippen molar-refractivity contribution < 1.29 is 0 Å². The maximum absolute atomic E-state index is 4.06. The third kappa shape index (κ3) is 3.22. The summed E-state index contributed by atoms with van der Waals surface area (Å²) >= 11 is 2.01. The lowest BCUT2D eigenvalue weighted by Crippen LogP contribution is -2.34. The Bertz CT molecular complexity index is 302. The second-order valence-electron chi connectivity index (χ2n) is 4.33. The van der Waals surface area contributed by atoms with Crippen molar-refractivity contribution in [3.8, 4) is 0 Å². The van der Waals surface area contributed by atoms with Crippen molar-refractivity contribution in [2.75, 3.05) is 6.54 Å². The minimum absolute atomic E-state index is 0.707. The van der Waals surface area contributed by atoms with E-state index in [-0.39, 0.29) is 0 Å². The van der Waals surface area contributed by atoms with E-state index in [4.69, 9.17) is 0 Å². The third-order valence-corrected chi connectivity index (χ3v) is 4.46. The molecule has 88 valence electrons. The SMILES string of the molecule is CCCNC1CCCC1Sc1ccncc1. The van der Waals surface area contributed by atoms with Crippen LogP contribution in [0, 0.1) is 0 Å². The van der Waals surface area contributed by atoms with Crippen molar-refractivity contribution in [2.45, 2.75) is 48.8 Å². The summed E-state index contributed by atoms with van der Waals surface area (Å²) in [6.45, 7) is 3.38. The summed E-state index contributed by atoms with van der Waals surface area (Å²) in [5.74, 6) is 0. The molecule has 1 aromatic rings. The molecule has 2 nitrogen and oxygen atoms in total. The van der Waals surface area contributed by atoms with Gasteiger partial charge in [0.15, 0.2) is 0 Å². The molecule has 0 radical (unpaired) electrons. The summed E-state index contributed by atoms with van der Waals surface area (Å²) in [6.07, 6.45) is 9.03. The van der Waals surface area contributed by atoms with Gasteiger partial charge in [0.2, 0.25) is 0 Å². The second kappa shape index (κ2) is 6.26. The van der Waals surface area contributed by atoms with E-state index >= 15 is 0 Å². The van der Waals surface area contributed by atoms with Crippen LogP contribution in [0.1, 0.15) is 32.6 Å². The summed E-state index contributed by atoms with van der Waals surface area (Å²) in [5.41, 5.74) is 0. The normalized spacial score (nSPS) is 24.8. The van der Waals surface area contributed by atoms with Gasteiger partial charge in [0.25, 0.3) is 0 Å². The fourth-order valence-electron chi connectivity index (χ4n) is 2.22. The average molecular weight is 236 g/mol. The van der Waals surface area contributed by atoms with Gasteiger partial charge < -0.3 is 5.32 Å². The lowest BCUT2D eigenvalue weighted by Gasteiger charge is -2.20. The van der Waals surface area contributed by atoms with Crippen LogP contribution < -0.4 is 5.32 Å². The summed E-state index contributed by atoms with van der Waals surface area (Å²) in [6, 6.07) is 4.93. The molecule has 0 aromatic carbocycles. The Balaban J connectivity index is 1.88. The number of nitrogens with zero attached hydrogens (tertiary/aromatic N) is 1. The van der Waals surface area contributed by atoms with Crippen molar-refractivity contribution in [1.29, 1.82) is 0 Å². The Morgan fingerprint density at radius 3 is 2.94 bits per heavy atom. The summed E-state index contributed by atoms with van der Waals surface area (Å²) in [5, 5.41) is 4.41. The molecule has 0 amide bonds. The topological polar surface area (TPSA) is 24.9 Å². The van der Waals surface area contributed by atoms with E-state index in [2.05, 4.69) is 29.4 Å². The maximum Gasteiger partial charge on any atom is 0.0278 e. The zero-order valence-corrected chi connectivity index (χ0v) is 10.7. The van der Waals surface area contributed by atoms with Gasteiger partial charge in [-0.1, -0.05) is 13.3 Å². The van der Waals surface area contributed by atoms with E-state index in [9.17, 15) is 0 Å². The number of nitrogens with one attached hydrogen (secondary N) is 1. The highest BCUT2D eigenvalue weighted by Gasteiger charge is 2.27. The molecule has 16 heavy (non-hydrogen) atoms. The Morgan fingerprint density at radius 2 is 2.19 bits per heavy atom. The van der Waals surface area contributed by atoms with Gasteiger partial charge in [-0.05, 0) is 37.9 Å². The molecule has 0 aliphatic heterocycles. The summed E-state index contributed by atoms with van der Waals surface area (Å²) < 4.78 is 0. The van der Waals surface area contributed by atoms with Crippen LogP contribution in [0.15, 0.2) is 29.4 Å². The lowest BCUT2D eigenvalue weighted by atomic mass is 10.2. The first-order chi connectivity index (χ1) is 7.90. The zero-order valence-electron chi connectivity index (χ0n) is 9.86. The van der Waals surface area contributed by atoms with Crippen LogP contribution in [0.2, 0.25) is 0 Å². The van der Waals surface area contributed by atoms with Crippen molar-refractivity contribution >= 4 is 11.8 Å². The molecule has 0 saturated heterocycles. The molecule has 2 atom stereocenters. The first-order valence-corrected chi connectivity index (χ1v) is 7.08. The quantitative estimate of drug-likeness (QED) is 0.850. The molecule has 2 unspecified atom stereocenters. The first-order valence-electron chi connectivity index (χ1n) is 6.20. The molecule has 1 aliphatic rings. The van der Waals surface area contributed by atoms with Crippen LogP contribution in [-0.4, -0.2) is 22.8 Å². The van der Waals surface area contributed by atoms with E-state index in [1.165, 1.54) is 30.6 Å². The maximum atomic E-state index is 4.06. The van der Waals surface area contributed by atoms with E-state index in [0.29, 0.717) is 6.04 Å². The standard InChI is InChI=1S/C13H20N2S/c1-2-8-15-12-4-3-5-13(12)16-11-6-9-14-10-7-11/h6-7,9-10,12-13,15H,2-5,8H2,1H3.